The standard InChI is InChI=1S/C13H11NO2S/c1-2-8-14-12(15)11(17-13(14)16)9-10-6-4-3-5-7-10/h2-7,9H,1,8H2. The lowest BCUT2D eigenvalue weighted by molar-refractivity contribution is -0.122. The van der Waals surface area contributed by atoms with Crippen molar-refractivity contribution in [1.29, 1.82) is 0 Å². The van der Waals surface area contributed by atoms with Crippen molar-refractivity contribution < 1.29 is 9.59 Å². The Balaban J connectivity index is 2.25. The highest BCUT2D eigenvalue weighted by Crippen LogP contribution is 2.31. The molecule has 3 nitrogen and oxygen atoms in total. The molecule has 2 rings (SSSR count). The van der Waals surface area contributed by atoms with Gasteiger partial charge in [0.15, 0.2) is 0 Å². The molecule has 4 heteroatoms. The molecule has 0 aromatic heterocycles. The number of thioether (sulfide) groups is 1. The minimum absolute atomic E-state index is 0.239. The molecule has 0 spiro atoms. The molecule has 0 N–H and O–H groups in total. The molecule has 0 aliphatic carbocycles. The van der Waals surface area contributed by atoms with Gasteiger partial charge in [0.1, 0.15) is 0 Å². The number of benzene rings is 1. The fourth-order valence-electron chi connectivity index (χ4n) is 1.49. The SMILES string of the molecule is C=CCN1C(=O)SC(=Cc2ccccc2)C1=O. The summed E-state index contributed by atoms with van der Waals surface area (Å²) in [7, 11) is 0. The van der Waals surface area contributed by atoms with Crippen LogP contribution >= 0.6 is 11.8 Å². The first-order valence-electron chi connectivity index (χ1n) is 5.13. The van der Waals surface area contributed by atoms with Crippen LogP contribution in [0.2, 0.25) is 0 Å². The van der Waals surface area contributed by atoms with E-state index in [4.69, 9.17) is 0 Å². The van der Waals surface area contributed by atoms with E-state index in [0.29, 0.717) is 4.91 Å². The van der Waals surface area contributed by atoms with Crippen molar-refractivity contribution in [1.82, 2.24) is 4.90 Å². The predicted octanol–water partition coefficient (Wildman–Crippen LogP) is 2.91. The molecule has 1 aromatic rings. The average molecular weight is 245 g/mol. The summed E-state index contributed by atoms with van der Waals surface area (Å²) in [5.41, 5.74) is 0.914. The molecule has 86 valence electrons. The maximum atomic E-state index is 11.9. The fourth-order valence-corrected chi connectivity index (χ4v) is 2.34. The van der Waals surface area contributed by atoms with Gasteiger partial charge in [0.05, 0.1) is 4.91 Å². The summed E-state index contributed by atoms with van der Waals surface area (Å²) in [6, 6.07) is 9.46. The average Bonchev–Trinajstić information content (AvgIpc) is 2.59. The second-order valence-electron chi connectivity index (χ2n) is 3.49. The van der Waals surface area contributed by atoms with E-state index in [1.807, 2.05) is 30.3 Å². The zero-order valence-corrected chi connectivity index (χ0v) is 9.94. The van der Waals surface area contributed by atoms with Crippen molar-refractivity contribution in [2.75, 3.05) is 6.54 Å². The van der Waals surface area contributed by atoms with Crippen LogP contribution in [0, 0.1) is 0 Å². The normalized spacial score (nSPS) is 17.9. The van der Waals surface area contributed by atoms with E-state index in [-0.39, 0.29) is 17.7 Å². The summed E-state index contributed by atoms with van der Waals surface area (Å²) in [5.74, 6) is -0.247. The fraction of sp³-hybridized carbons (Fsp3) is 0.0769. The number of carbonyl (C=O) groups excluding carboxylic acids is 2. The minimum Gasteiger partial charge on any atom is -0.268 e. The number of nitrogens with zero attached hydrogens (tertiary/aromatic N) is 1. The van der Waals surface area contributed by atoms with Gasteiger partial charge in [-0.15, -0.1) is 6.58 Å². The van der Waals surface area contributed by atoms with Crippen LogP contribution in [0.3, 0.4) is 0 Å². The van der Waals surface area contributed by atoms with Crippen LogP contribution in [0.25, 0.3) is 6.08 Å². The number of hydrogen-bond acceptors (Lipinski definition) is 3. The molecule has 0 radical (unpaired) electrons. The first-order valence-corrected chi connectivity index (χ1v) is 5.95. The van der Waals surface area contributed by atoms with Gasteiger partial charge >= 0.3 is 0 Å². The summed E-state index contributed by atoms with van der Waals surface area (Å²) in [6.45, 7) is 3.79. The van der Waals surface area contributed by atoms with Gasteiger partial charge < -0.3 is 0 Å². The van der Waals surface area contributed by atoms with Crippen LogP contribution in [-0.4, -0.2) is 22.6 Å². The summed E-state index contributed by atoms with van der Waals surface area (Å²) in [5, 5.41) is -0.239. The summed E-state index contributed by atoms with van der Waals surface area (Å²) in [6.07, 6.45) is 3.27. The molecule has 1 saturated heterocycles. The Labute approximate surface area is 104 Å². The smallest absolute Gasteiger partial charge is 0.268 e. The van der Waals surface area contributed by atoms with Gasteiger partial charge in [0.2, 0.25) is 0 Å². The molecule has 1 aromatic carbocycles. The minimum atomic E-state index is -0.247. The van der Waals surface area contributed by atoms with Crippen molar-refractivity contribution in [2.24, 2.45) is 0 Å². The van der Waals surface area contributed by atoms with E-state index in [2.05, 4.69) is 6.58 Å². The highest BCUT2D eigenvalue weighted by Gasteiger charge is 2.33. The molecule has 17 heavy (non-hydrogen) atoms. The van der Waals surface area contributed by atoms with E-state index in [0.717, 1.165) is 17.3 Å². The van der Waals surface area contributed by atoms with E-state index >= 15 is 0 Å². The third-order valence-electron chi connectivity index (χ3n) is 2.28. The Morgan fingerprint density at radius 2 is 1.94 bits per heavy atom. The predicted molar refractivity (Wildman–Crippen MR) is 69.3 cm³/mol. The third-order valence-corrected chi connectivity index (χ3v) is 3.19. The summed E-state index contributed by atoms with van der Waals surface area (Å²) >= 11 is 0.967. The molecular formula is C13H11NO2S. The van der Waals surface area contributed by atoms with Crippen LogP contribution in [0.4, 0.5) is 4.79 Å². The molecule has 1 aliphatic rings. The van der Waals surface area contributed by atoms with Crippen LogP contribution in [0.15, 0.2) is 47.9 Å². The molecule has 1 fully saturated rings. The van der Waals surface area contributed by atoms with E-state index in [9.17, 15) is 9.59 Å². The van der Waals surface area contributed by atoms with Crippen LogP contribution < -0.4 is 0 Å². The zero-order chi connectivity index (χ0) is 12.3. The number of rotatable bonds is 3. The Morgan fingerprint density at radius 3 is 2.59 bits per heavy atom. The van der Waals surface area contributed by atoms with Crippen LogP contribution in [-0.2, 0) is 4.79 Å². The van der Waals surface area contributed by atoms with Gasteiger partial charge in [-0.2, -0.15) is 0 Å². The maximum absolute atomic E-state index is 11.9. The molecule has 1 aliphatic heterocycles. The Morgan fingerprint density at radius 1 is 1.24 bits per heavy atom. The lowest BCUT2D eigenvalue weighted by atomic mass is 10.2. The lowest BCUT2D eigenvalue weighted by Crippen LogP contribution is -2.27. The quantitative estimate of drug-likeness (QED) is 0.607. The molecule has 0 atom stereocenters. The Bertz CT molecular complexity index is 493. The highest BCUT2D eigenvalue weighted by molar-refractivity contribution is 8.18. The number of amides is 2. The summed E-state index contributed by atoms with van der Waals surface area (Å²) < 4.78 is 0. The van der Waals surface area contributed by atoms with E-state index in [1.165, 1.54) is 4.90 Å². The van der Waals surface area contributed by atoms with Gasteiger partial charge in [0.25, 0.3) is 11.1 Å². The van der Waals surface area contributed by atoms with Crippen molar-refractivity contribution in [3.63, 3.8) is 0 Å². The molecule has 0 unspecified atom stereocenters. The second-order valence-corrected chi connectivity index (χ2v) is 4.48. The van der Waals surface area contributed by atoms with Gasteiger partial charge in [-0.05, 0) is 23.4 Å². The second kappa shape index (κ2) is 5.01. The first kappa shape index (κ1) is 11.7. The van der Waals surface area contributed by atoms with E-state index in [1.54, 1.807) is 12.2 Å². The van der Waals surface area contributed by atoms with Gasteiger partial charge in [0, 0.05) is 6.54 Å². The van der Waals surface area contributed by atoms with Crippen molar-refractivity contribution in [3.8, 4) is 0 Å². The third kappa shape index (κ3) is 2.47. The molecule has 1 heterocycles. The maximum Gasteiger partial charge on any atom is 0.293 e. The van der Waals surface area contributed by atoms with Gasteiger partial charge in [-0.1, -0.05) is 36.4 Å². The molecule has 0 saturated carbocycles. The van der Waals surface area contributed by atoms with Crippen molar-refractivity contribution in [3.05, 3.63) is 53.5 Å². The van der Waals surface area contributed by atoms with Gasteiger partial charge in [-0.25, -0.2) is 0 Å². The molecular weight excluding hydrogens is 234 g/mol. The van der Waals surface area contributed by atoms with Crippen LogP contribution in [0.5, 0.6) is 0 Å². The summed E-state index contributed by atoms with van der Waals surface area (Å²) in [4.78, 5) is 25.1. The van der Waals surface area contributed by atoms with E-state index < -0.39 is 0 Å². The van der Waals surface area contributed by atoms with Gasteiger partial charge in [-0.3, -0.25) is 14.5 Å². The zero-order valence-electron chi connectivity index (χ0n) is 9.13. The molecule has 2 amide bonds. The lowest BCUT2D eigenvalue weighted by Gasteiger charge is -2.07. The number of hydrogen-bond donors (Lipinski definition) is 0. The van der Waals surface area contributed by atoms with Crippen LogP contribution in [0.1, 0.15) is 5.56 Å². The number of imide groups is 1. The number of carbonyl (C=O) groups is 2. The topological polar surface area (TPSA) is 37.4 Å². The highest BCUT2D eigenvalue weighted by atomic mass is 32.2. The first-order chi connectivity index (χ1) is 8.22. The largest absolute Gasteiger partial charge is 0.293 e. The van der Waals surface area contributed by atoms with Crippen molar-refractivity contribution in [2.45, 2.75) is 0 Å². The Hall–Kier alpha value is -1.81. The molecule has 0 bridgehead atoms. The Kier molecular flexibility index (Phi) is 3.44. The van der Waals surface area contributed by atoms with Crippen molar-refractivity contribution >= 4 is 29.0 Å². The monoisotopic (exact) mass is 245 g/mol.